The zero-order chi connectivity index (χ0) is 43.7. The first-order chi connectivity index (χ1) is 30.7. The van der Waals surface area contributed by atoms with E-state index in [1.165, 1.54) is 5.56 Å². The predicted octanol–water partition coefficient (Wildman–Crippen LogP) is 9.21. The molecule has 5 aromatic rings. The number of nitrogens with one attached hydrogen (secondary N) is 1. The number of benzene rings is 4. The normalized spacial score (nSPS) is 15.3. The summed E-state index contributed by atoms with van der Waals surface area (Å²) in [6.07, 6.45) is 20.7. The van der Waals surface area contributed by atoms with Crippen LogP contribution < -0.4 is 20.7 Å². The van der Waals surface area contributed by atoms with Crippen LogP contribution in [0.1, 0.15) is 64.0 Å². The van der Waals surface area contributed by atoms with Gasteiger partial charge in [0, 0.05) is 39.1 Å². The van der Waals surface area contributed by atoms with Crippen molar-refractivity contribution in [1.82, 2.24) is 4.98 Å². The van der Waals surface area contributed by atoms with Gasteiger partial charge in [0.05, 0.1) is 34.2 Å². The van der Waals surface area contributed by atoms with Gasteiger partial charge in [0.1, 0.15) is 0 Å². The van der Waals surface area contributed by atoms with Gasteiger partial charge in [-0.1, -0.05) is 126 Å². The quantitative estimate of drug-likeness (QED) is 0.112. The third-order valence-electron chi connectivity index (χ3n) is 12.2. The van der Waals surface area contributed by atoms with Crippen molar-refractivity contribution in [2.45, 2.75) is 38.5 Å². The molecule has 0 amide bonds. The maximum absolute atomic E-state index is 11.8. The van der Waals surface area contributed by atoms with Crippen LogP contribution in [0.4, 0.5) is 0 Å². The largest absolute Gasteiger partial charge is 2.00 e. The Morgan fingerprint density at radius 2 is 0.891 bits per heavy atom. The molecule has 0 saturated heterocycles. The Bertz CT molecular complexity index is 3090. The van der Waals surface area contributed by atoms with E-state index in [1.807, 2.05) is 30.4 Å². The molecule has 0 spiro atoms. The average molecular weight is 884 g/mol. The van der Waals surface area contributed by atoms with Crippen LogP contribution in [-0.4, -0.2) is 22.1 Å². The third-order valence-corrected chi connectivity index (χ3v) is 12.2. The van der Waals surface area contributed by atoms with E-state index in [0.717, 1.165) is 120 Å². The van der Waals surface area contributed by atoms with E-state index in [9.17, 15) is 10.2 Å². The Balaban J connectivity index is 0.00000560. The second-order valence-corrected chi connectivity index (χ2v) is 16.4. The molecule has 1 N–H and O–H groups in total. The van der Waals surface area contributed by atoms with Crippen molar-refractivity contribution in [3.63, 3.8) is 0 Å². The van der Waals surface area contributed by atoms with Crippen molar-refractivity contribution in [2.75, 3.05) is 0 Å². The molecule has 0 saturated carbocycles. The molecule has 0 unspecified atom stereocenters. The Morgan fingerprint density at radius 3 is 1.33 bits per heavy atom. The fourth-order valence-electron chi connectivity index (χ4n) is 8.98. The second kappa shape index (κ2) is 18.3. The van der Waals surface area contributed by atoms with Crippen molar-refractivity contribution in [3.05, 3.63) is 256 Å². The number of aliphatic imine (C=N–C) groups is 3. The minimum absolute atomic E-state index is 0. The molecule has 4 aliphatic rings. The van der Waals surface area contributed by atoms with Crippen molar-refractivity contribution < 1.29 is 29.7 Å². The summed E-state index contributed by atoms with van der Waals surface area (Å²) in [6, 6.07) is 36.6. The molecule has 0 atom stereocenters. The third kappa shape index (κ3) is 8.23. The topological polar surface area (TPSA) is 99.0 Å². The molecule has 4 aromatic carbocycles. The second-order valence-electron chi connectivity index (χ2n) is 16.4. The van der Waals surface area contributed by atoms with Crippen LogP contribution >= 0.6 is 0 Å². The standard InChI is InChI=1S/C57H48N4O2.Zn/c1-6-33-57(34-7-2,35-8-3)43-23-21-41(22-24-43)55-50-31-27-46(60-50)52(38-13-9-36(4)10-14-38)44-25-29-48(58-44)54(40-17-19-42(20-18-40)56(62)63)49-30-26-45(59-49)53(47-28-32-51(55)61-47)39-15-11-37(5)12-16-39;/h6-32,58,62-63H,1-3,33-35H2,4-5H3;/q;+2/p-2. The van der Waals surface area contributed by atoms with Crippen molar-refractivity contribution in [1.29, 1.82) is 0 Å². The Kier molecular flexibility index (Phi) is 12.4. The summed E-state index contributed by atoms with van der Waals surface area (Å²) in [7, 11) is 0. The Hall–Kier alpha value is -7.21. The zero-order valence-electron chi connectivity index (χ0n) is 36.2. The van der Waals surface area contributed by atoms with Crippen molar-refractivity contribution >= 4 is 45.4 Å². The SMILES string of the molecule is C=CCC(CC=C)(CC=C)c1ccc(C2=C3C=CC(=N3)C(c3ccc(C)cc3)=C3C=CC(=N3)C(=c3ccc(=C([O-])[O-])cc3)c3ccc([nH]3)C(c3ccc(C)cc3)=C3C=CC2=N3)cc1.[Zn+2]. The van der Waals surface area contributed by atoms with Gasteiger partial charge in [-0.15, -0.1) is 19.7 Å². The molecule has 1 aromatic heterocycles. The first-order valence-corrected chi connectivity index (χ1v) is 21.2. The molecule has 7 heteroatoms. The summed E-state index contributed by atoms with van der Waals surface area (Å²) < 4.78 is 0. The molecule has 5 heterocycles. The van der Waals surface area contributed by atoms with E-state index in [0.29, 0.717) is 0 Å². The minimum Gasteiger partial charge on any atom is -0.884 e. The fraction of sp³-hybridized carbons (Fsp3) is 0.105. The van der Waals surface area contributed by atoms with Crippen LogP contribution in [0, 0.1) is 13.8 Å². The number of rotatable bonds is 10. The number of hydrogen-bond donors (Lipinski definition) is 1. The molecule has 4 aliphatic heterocycles. The number of aryl methyl sites for hydroxylation is 2. The van der Waals surface area contributed by atoms with Crippen LogP contribution in [0.2, 0.25) is 0 Å². The summed E-state index contributed by atoms with van der Waals surface area (Å²) in [5.41, 5.74) is 16.2. The maximum atomic E-state index is 11.8. The van der Waals surface area contributed by atoms with E-state index in [1.54, 1.807) is 24.3 Å². The van der Waals surface area contributed by atoms with Crippen molar-refractivity contribution in [2.24, 2.45) is 15.0 Å². The van der Waals surface area contributed by atoms with Crippen LogP contribution in [0.3, 0.4) is 0 Å². The molecule has 0 radical (unpaired) electrons. The number of hydrogen-bond acceptors (Lipinski definition) is 5. The number of aromatic nitrogens is 1. The van der Waals surface area contributed by atoms with Gasteiger partial charge in [-0.2, -0.15) is 5.95 Å². The van der Waals surface area contributed by atoms with Gasteiger partial charge in [-0.05, 0) is 114 Å². The number of aromatic amines is 1. The minimum atomic E-state index is -1.23. The molecule has 64 heavy (non-hydrogen) atoms. The Morgan fingerprint density at radius 1 is 0.500 bits per heavy atom. The van der Waals surface area contributed by atoms with E-state index in [2.05, 4.69) is 148 Å². The maximum Gasteiger partial charge on any atom is 2.00 e. The molecule has 8 bridgehead atoms. The van der Waals surface area contributed by atoms with Gasteiger partial charge < -0.3 is 15.2 Å². The summed E-state index contributed by atoms with van der Waals surface area (Å²) in [5.74, 6) is -1.23. The zero-order valence-corrected chi connectivity index (χ0v) is 39.2. The first-order valence-electron chi connectivity index (χ1n) is 21.2. The number of fused-ring (bicyclic) bond motifs is 5. The van der Waals surface area contributed by atoms with Crippen LogP contribution in [0.15, 0.2) is 216 Å². The van der Waals surface area contributed by atoms with Gasteiger partial charge >= 0.3 is 19.5 Å². The summed E-state index contributed by atoms with van der Waals surface area (Å²) in [4.78, 5) is 20.0. The van der Waals surface area contributed by atoms with Crippen LogP contribution in [0.5, 0.6) is 0 Å². The molecule has 6 nitrogen and oxygen atoms in total. The number of H-pyrrole nitrogens is 1. The monoisotopic (exact) mass is 882 g/mol. The molecule has 0 aliphatic carbocycles. The smallest absolute Gasteiger partial charge is 0.884 e. The van der Waals surface area contributed by atoms with E-state index < -0.39 is 5.95 Å². The van der Waals surface area contributed by atoms with Crippen LogP contribution in [0.25, 0.3) is 28.2 Å². The van der Waals surface area contributed by atoms with Gasteiger partial charge in [0.25, 0.3) is 0 Å². The number of nitrogens with zero attached hydrogens (tertiary/aromatic N) is 3. The molecule has 0 fully saturated rings. The predicted molar refractivity (Wildman–Crippen MR) is 257 cm³/mol. The van der Waals surface area contributed by atoms with Crippen molar-refractivity contribution in [3.8, 4) is 0 Å². The molecular weight excluding hydrogens is 838 g/mol. The molecular formula is C57H46N4O2Zn. The summed E-state index contributed by atoms with van der Waals surface area (Å²) in [6.45, 7) is 16.4. The van der Waals surface area contributed by atoms with E-state index in [-0.39, 0.29) is 30.1 Å². The molecule has 308 valence electrons. The van der Waals surface area contributed by atoms with Crippen LogP contribution in [-0.2, 0) is 24.9 Å². The number of allylic oxidation sites excluding steroid dienone is 11. The van der Waals surface area contributed by atoms with Gasteiger partial charge in [0.2, 0.25) is 0 Å². The van der Waals surface area contributed by atoms with E-state index in [4.69, 9.17) is 15.0 Å². The van der Waals surface area contributed by atoms with Gasteiger partial charge in [-0.3, -0.25) is 0 Å². The first kappa shape index (κ1) is 43.4. The summed E-state index contributed by atoms with van der Waals surface area (Å²) >= 11 is 0. The Labute approximate surface area is 387 Å². The van der Waals surface area contributed by atoms with Gasteiger partial charge in [-0.25, -0.2) is 15.0 Å². The molecule has 9 rings (SSSR count). The fourth-order valence-corrected chi connectivity index (χ4v) is 8.98. The van der Waals surface area contributed by atoms with E-state index >= 15 is 0 Å². The summed E-state index contributed by atoms with van der Waals surface area (Å²) in [5, 5.41) is 24.5. The average Bonchev–Trinajstić information content (AvgIpc) is 4.14. The van der Waals surface area contributed by atoms with Gasteiger partial charge in [0.15, 0.2) is 0 Å².